The molecule has 4 nitrogen and oxygen atoms in total. The number of anilines is 1. The van der Waals surface area contributed by atoms with E-state index in [9.17, 15) is 4.79 Å². The van der Waals surface area contributed by atoms with Gasteiger partial charge in [-0.3, -0.25) is 0 Å². The van der Waals surface area contributed by atoms with Crippen LogP contribution in [0.2, 0.25) is 0 Å². The molecule has 0 amide bonds. The number of benzene rings is 1. The van der Waals surface area contributed by atoms with Crippen LogP contribution in [0.4, 0.5) is 5.69 Å². The number of para-hydroxylation sites is 1. The normalized spacial score (nSPS) is 22.9. The van der Waals surface area contributed by atoms with Crippen LogP contribution in [0, 0.1) is 5.41 Å². The third-order valence-electron chi connectivity index (χ3n) is 4.69. The van der Waals surface area contributed by atoms with Gasteiger partial charge in [0, 0.05) is 30.3 Å². The number of nitrogens with zero attached hydrogens (tertiary/aromatic N) is 1. The molecule has 0 spiro atoms. The predicted octanol–water partition coefficient (Wildman–Crippen LogP) is 2.53. The Morgan fingerprint density at radius 2 is 2.00 bits per heavy atom. The summed E-state index contributed by atoms with van der Waals surface area (Å²) in [6.45, 7) is 5.02. The lowest BCUT2D eigenvalue weighted by atomic mass is 9.81. The highest BCUT2D eigenvalue weighted by Gasteiger charge is 2.49. The van der Waals surface area contributed by atoms with Crippen molar-refractivity contribution in [3.05, 3.63) is 41.1 Å². The highest BCUT2D eigenvalue weighted by molar-refractivity contribution is 5.93. The van der Waals surface area contributed by atoms with Crippen molar-refractivity contribution < 1.29 is 14.3 Å². The fourth-order valence-corrected chi connectivity index (χ4v) is 3.62. The van der Waals surface area contributed by atoms with Gasteiger partial charge in [-0.15, -0.1) is 0 Å². The summed E-state index contributed by atoms with van der Waals surface area (Å²) in [5.41, 5.74) is 3.91. The van der Waals surface area contributed by atoms with Crippen LogP contribution >= 0.6 is 0 Å². The van der Waals surface area contributed by atoms with E-state index in [2.05, 4.69) is 30.9 Å². The van der Waals surface area contributed by atoms with E-state index in [1.54, 1.807) is 7.11 Å². The van der Waals surface area contributed by atoms with Gasteiger partial charge in [-0.1, -0.05) is 32.0 Å². The number of hydrogen-bond acceptors (Lipinski definition) is 4. The second kappa shape index (κ2) is 4.88. The SMILES string of the molecule is COC(=O)C1=C2N(CC(OC)C2(C)C)c2ccccc2C1. The Morgan fingerprint density at radius 3 is 2.67 bits per heavy atom. The van der Waals surface area contributed by atoms with E-state index in [-0.39, 0.29) is 17.5 Å². The Labute approximate surface area is 125 Å². The minimum absolute atomic E-state index is 0.0540. The summed E-state index contributed by atoms with van der Waals surface area (Å²) >= 11 is 0. The molecule has 0 aromatic heterocycles. The van der Waals surface area contributed by atoms with E-state index < -0.39 is 0 Å². The molecule has 1 fully saturated rings. The molecule has 112 valence electrons. The minimum atomic E-state index is -0.241. The van der Waals surface area contributed by atoms with E-state index in [4.69, 9.17) is 9.47 Å². The largest absolute Gasteiger partial charge is 0.466 e. The van der Waals surface area contributed by atoms with Gasteiger partial charge in [0.25, 0.3) is 0 Å². The molecule has 21 heavy (non-hydrogen) atoms. The maximum Gasteiger partial charge on any atom is 0.335 e. The smallest absolute Gasteiger partial charge is 0.335 e. The van der Waals surface area contributed by atoms with Crippen molar-refractivity contribution >= 4 is 11.7 Å². The van der Waals surface area contributed by atoms with E-state index >= 15 is 0 Å². The number of carbonyl (C=O) groups is 1. The van der Waals surface area contributed by atoms with Gasteiger partial charge in [0.05, 0.1) is 25.3 Å². The zero-order valence-electron chi connectivity index (χ0n) is 13.0. The monoisotopic (exact) mass is 287 g/mol. The second-order valence-corrected chi connectivity index (χ2v) is 6.18. The maximum absolute atomic E-state index is 12.3. The topological polar surface area (TPSA) is 38.8 Å². The third-order valence-corrected chi connectivity index (χ3v) is 4.69. The average molecular weight is 287 g/mol. The fraction of sp³-hybridized carbons (Fsp3) is 0.471. The summed E-state index contributed by atoms with van der Waals surface area (Å²) < 4.78 is 10.7. The summed E-state index contributed by atoms with van der Waals surface area (Å²) in [7, 11) is 3.17. The highest BCUT2D eigenvalue weighted by atomic mass is 16.5. The van der Waals surface area contributed by atoms with Gasteiger partial charge in [-0.2, -0.15) is 0 Å². The third kappa shape index (κ3) is 1.97. The quantitative estimate of drug-likeness (QED) is 0.784. The first kappa shape index (κ1) is 14.1. The van der Waals surface area contributed by atoms with Crippen LogP contribution in [0.15, 0.2) is 35.5 Å². The fourth-order valence-electron chi connectivity index (χ4n) is 3.62. The Bertz CT molecular complexity index is 618. The first-order valence-corrected chi connectivity index (χ1v) is 7.21. The van der Waals surface area contributed by atoms with Crippen LogP contribution in [-0.4, -0.2) is 32.8 Å². The summed E-state index contributed by atoms with van der Waals surface area (Å²) in [6.07, 6.45) is 0.674. The zero-order chi connectivity index (χ0) is 15.2. The van der Waals surface area contributed by atoms with Crippen molar-refractivity contribution in [1.29, 1.82) is 0 Å². The van der Waals surface area contributed by atoms with Crippen molar-refractivity contribution in [2.75, 3.05) is 25.7 Å². The molecular formula is C17H21NO3. The molecule has 4 heteroatoms. The molecule has 0 aliphatic carbocycles. The number of fused-ring (bicyclic) bond motifs is 3. The summed E-state index contributed by atoms with van der Waals surface area (Å²) in [6, 6.07) is 8.22. The molecular weight excluding hydrogens is 266 g/mol. The summed E-state index contributed by atoms with van der Waals surface area (Å²) in [5.74, 6) is -0.241. The Hall–Kier alpha value is -1.81. The minimum Gasteiger partial charge on any atom is -0.466 e. The Morgan fingerprint density at radius 1 is 1.29 bits per heavy atom. The van der Waals surface area contributed by atoms with Crippen LogP contribution in [0.3, 0.4) is 0 Å². The van der Waals surface area contributed by atoms with E-state index in [0.717, 1.165) is 23.4 Å². The summed E-state index contributed by atoms with van der Waals surface area (Å²) in [4.78, 5) is 14.5. The van der Waals surface area contributed by atoms with Gasteiger partial charge in [0.15, 0.2) is 0 Å². The molecule has 2 heterocycles. The van der Waals surface area contributed by atoms with Crippen molar-refractivity contribution in [1.82, 2.24) is 0 Å². The molecule has 0 N–H and O–H groups in total. The van der Waals surface area contributed by atoms with Crippen LogP contribution in [-0.2, 0) is 20.7 Å². The second-order valence-electron chi connectivity index (χ2n) is 6.18. The average Bonchev–Trinajstić information content (AvgIpc) is 2.77. The van der Waals surface area contributed by atoms with Crippen LogP contribution in [0.5, 0.6) is 0 Å². The van der Waals surface area contributed by atoms with Gasteiger partial charge in [-0.05, 0) is 11.6 Å². The Kier molecular flexibility index (Phi) is 3.29. The number of ether oxygens (including phenoxy) is 2. The molecule has 0 radical (unpaired) electrons. The van der Waals surface area contributed by atoms with Crippen LogP contribution in [0.1, 0.15) is 19.4 Å². The van der Waals surface area contributed by atoms with Gasteiger partial charge in [0.1, 0.15) is 0 Å². The molecule has 0 saturated carbocycles. The van der Waals surface area contributed by atoms with Crippen molar-refractivity contribution in [3.8, 4) is 0 Å². The lowest BCUT2D eigenvalue weighted by molar-refractivity contribution is -0.136. The molecule has 3 rings (SSSR count). The van der Waals surface area contributed by atoms with Crippen molar-refractivity contribution in [3.63, 3.8) is 0 Å². The molecule has 1 saturated heterocycles. The molecule has 1 aromatic rings. The summed E-state index contributed by atoms with van der Waals surface area (Å²) in [5, 5.41) is 0. The van der Waals surface area contributed by atoms with E-state index in [1.807, 2.05) is 12.1 Å². The van der Waals surface area contributed by atoms with E-state index in [0.29, 0.717) is 6.42 Å². The molecule has 1 atom stereocenters. The predicted molar refractivity (Wildman–Crippen MR) is 81.1 cm³/mol. The van der Waals surface area contributed by atoms with Gasteiger partial charge in [0.2, 0.25) is 0 Å². The Balaban J connectivity index is 2.19. The van der Waals surface area contributed by atoms with Gasteiger partial charge < -0.3 is 14.4 Å². The number of carbonyl (C=O) groups excluding carboxylic acids is 1. The van der Waals surface area contributed by atoms with Crippen LogP contribution in [0.25, 0.3) is 0 Å². The lowest BCUT2D eigenvalue weighted by Crippen LogP contribution is -2.31. The molecule has 2 aliphatic heterocycles. The number of rotatable bonds is 2. The van der Waals surface area contributed by atoms with Gasteiger partial charge >= 0.3 is 5.97 Å². The molecule has 1 unspecified atom stereocenters. The zero-order valence-corrected chi connectivity index (χ0v) is 13.0. The van der Waals surface area contributed by atoms with Crippen molar-refractivity contribution in [2.24, 2.45) is 5.41 Å². The van der Waals surface area contributed by atoms with Gasteiger partial charge in [-0.25, -0.2) is 4.79 Å². The first-order chi connectivity index (χ1) is 10.0. The molecule has 2 aliphatic rings. The number of methoxy groups -OCH3 is 2. The van der Waals surface area contributed by atoms with Crippen molar-refractivity contribution in [2.45, 2.75) is 26.4 Å². The number of hydrogen-bond donors (Lipinski definition) is 0. The highest BCUT2D eigenvalue weighted by Crippen LogP contribution is 2.49. The van der Waals surface area contributed by atoms with Crippen LogP contribution < -0.4 is 4.90 Å². The molecule has 1 aromatic carbocycles. The lowest BCUT2D eigenvalue weighted by Gasteiger charge is -2.34. The first-order valence-electron chi connectivity index (χ1n) is 7.21. The maximum atomic E-state index is 12.3. The molecule has 0 bridgehead atoms. The number of esters is 1. The van der Waals surface area contributed by atoms with E-state index in [1.165, 1.54) is 12.8 Å². The standard InChI is InChI=1S/C17H21NO3/c1-17(2)14(20-3)10-18-13-8-6-5-7-11(13)9-12(15(17)18)16(19)21-4/h5-8,14H,9-10H2,1-4H3.